The van der Waals surface area contributed by atoms with E-state index in [4.69, 9.17) is 9.47 Å². The van der Waals surface area contributed by atoms with Gasteiger partial charge in [-0.3, -0.25) is 4.79 Å². The fourth-order valence-electron chi connectivity index (χ4n) is 2.29. The minimum absolute atomic E-state index is 0.0277. The Morgan fingerprint density at radius 2 is 1.60 bits per heavy atom. The monoisotopic (exact) mass is 270 g/mol. The third-order valence-corrected chi connectivity index (χ3v) is 3.36. The van der Waals surface area contributed by atoms with Gasteiger partial charge in [-0.15, -0.1) is 0 Å². The van der Waals surface area contributed by atoms with Gasteiger partial charge in [0.15, 0.2) is 5.78 Å². The van der Waals surface area contributed by atoms with Crippen LogP contribution in [0.25, 0.3) is 0 Å². The van der Waals surface area contributed by atoms with Gasteiger partial charge < -0.3 is 9.47 Å². The maximum Gasteiger partial charge on any atom is 0.197 e. The lowest BCUT2D eigenvalue weighted by atomic mass is 9.94. The van der Waals surface area contributed by atoms with Crippen LogP contribution in [0.1, 0.15) is 27.0 Å². The van der Waals surface area contributed by atoms with Crippen LogP contribution in [0.3, 0.4) is 0 Å². The Balaban J connectivity index is 2.54. The van der Waals surface area contributed by atoms with Gasteiger partial charge in [-0.25, -0.2) is 0 Å². The summed E-state index contributed by atoms with van der Waals surface area (Å²) in [6.45, 7) is 3.88. The van der Waals surface area contributed by atoms with Crippen LogP contribution < -0.4 is 9.47 Å². The topological polar surface area (TPSA) is 35.5 Å². The van der Waals surface area contributed by atoms with Crippen molar-refractivity contribution in [2.24, 2.45) is 0 Å². The van der Waals surface area contributed by atoms with Gasteiger partial charge in [0.2, 0.25) is 0 Å². The van der Waals surface area contributed by atoms with Crippen LogP contribution in [0.2, 0.25) is 0 Å². The van der Waals surface area contributed by atoms with Gasteiger partial charge in [-0.1, -0.05) is 18.2 Å². The molecule has 0 aliphatic carbocycles. The van der Waals surface area contributed by atoms with E-state index in [2.05, 4.69) is 0 Å². The Hall–Kier alpha value is -2.29. The number of ether oxygens (including phenoxy) is 2. The third-order valence-electron chi connectivity index (χ3n) is 3.36. The molecule has 0 N–H and O–H groups in total. The lowest BCUT2D eigenvalue weighted by Gasteiger charge is -2.12. The van der Waals surface area contributed by atoms with Gasteiger partial charge in [0.1, 0.15) is 11.5 Å². The maximum absolute atomic E-state index is 12.7. The molecular formula is C17H18O3. The van der Waals surface area contributed by atoms with Crippen molar-refractivity contribution >= 4 is 5.78 Å². The van der Waals surface area contributed by atoms with Crippen molar-refractivity contribution in [3.05, 3.63) is 58.7 Å². The van der Waals surface area contributed by atoms with E-state index in [1.807, 2.05) is 32.0 Å². The Morgan fingerprint density at radius 3 is 2.15 bits per heavy atom. The molecule has 0 fully saturated rings. The Morgan fingerprint density at radius 1 is 0.950 bits per heavy atom. The zero-order valence-corrected chi connectivity index (χ0v) is 12.2. The van der Waals surface area contributed by atoms with E-state index in [1.54, 1.807) is 32.4 Å². The third kappa shape index (κ3) is 2.52. The summed E-state index contributed by atoms with van der Waals surface area (Å²) >= 11 is 0. The average Bonchev–Trinajstić information content (AvgIpc) is 2.46. The number of hydrogen-bond donors (Lipinski definition) is 0. The molecule has 20 heavy (non-hydrogen) atoms. The molecule has 0 spiro atoms. The molecule has 0 aromatic heterocycles. The summed E-state index contributed by atoms with van der Waals surface area (Å²) in [5, 5.41) is 0. The van der Waals surface area contributed by atoms with E-state index in [0.29, 0.717) is 17.1 Å². The highest BCUT2D eigenvalue weighted by molar-refractivity contribution is 6.12. The normalized spacial score (nSPS) is 10.2. The quantitative estimate of drug-likeness (QED) is 0.797. The molecule has 3 heteroatoms. The fourth-order valence-corrected chi connectivity index (χ4v) is 2.29. The molecule has 0 heterocycles. The number of methoxy groups -OCH3 is 2. The van der Waals surface area contributed by atoms with Crippen LogP contribution in [0.15, 0.2) is 36.4 Å². The second-order valence-corrected chi connectivity index (χ2v) is 4.66. The van der Waals surface area contributed by atoms with Crippen LogP contribution in [0.5, 0.6) is 11.5 Å². The molecule has 3 nitrogen and oxygen atoms in total. The van der Waals surface area contributed by atoms with Crippen molar-refractivity contribution < 1.29 is 14.3 Å². The zero-order chi connectivity index (χ0) is 14.7. The molecule has 104 valence electrons. The lowest BCUT2D eigenvalue weighted by molar-refractivity contribution is 0.103. The molecule has 0 aliphatic rings. The average molecular weight is 270 g/mol. The maximum atomic E-state index is 12.7. The predicted octanol–water partition coefficient (Wildman–Crippen LogP) is 3.55. The Kier molecular flexibility index (Phi) is 4.08. The van der Waals surface area contributed by atoms with E-state index in [9.17, 15) is 4.79 Å². The molecular weight excluding hydrogens is 252 g/mol. The molecule has 2 rings (SSSR count). The number of ketones is 1. The molecule has 0 aliphatic heterocycles. The first-order valence-corrected chi connectivity index (χ1v) is 6.41. The second-order valence-electron chi connectivity index (χ2n) is 4.66. The molecule has 0 radical (unpaired) electrons. The van der Waals surface area contributed by atoms with E-state index < -0.39 is 0 Å². The van der Waals surface area contributed by atoms with Crippen LogP contribution in [-0.2, 0) is 0 Å². The zero-order valence-electron chi connectivity index (χ0n) is 12.2. The number of rotatable bonds is 4. The van der Waals surface area contributed by atoms with Gasteiger partial charge >= 0.3 is 0 Å². The first kappa shape index (κ1) is 14.1. The fraction of sp³-hybridized carbons (Fsp3) is 0.235. The van der Waals surface area contributed by atoms with E-state index >= 15 is 0 Å². The SMILES string of the molecule is COc1ccc(C(=O)c2c(C)cccc2C)c(OC)c1. The summed E-state index contributed by atoms with van der Waals surface area (Å²) in [4.78, 5) is 12.7. The minimum atomic E-state index is -0.0277. The highest BCUT2D eigenvalue weighted by atomic mass is 16.5. The summed E-state index contributed by atoms with van der Waals surface area (Å²) in [7, 11) is 3.14. The Labute approximate surface area is 119 Å². The highest BCUT2D eigenvalue weighted by Gasteiger charge is 2.18. The number of benzene rings is 2. The molecule has 0 saturated carbocycles. The molecule has 0 saturated heterocycles. The summed E-state index contributed by atoms with van der Waals surface area (Å²) in [5.41, 5.74) is 3.21. The summed E-state index contributed by atoms with van der Waals surface area (Å²) in [6, 6.07) is 11.1. The van der Waals surface area contributed by atoms with E-state index in [1.165, 1.54) is 0 Å². The summed E-state index contributed by atoms with van der Waals surface area (Å²) in [6.07, 6.45) is 0. The molecule has 2 aromatic carbocycles. The molecule has 0 bridgehead atoms. The minimum Gasteiger partial charge on any atom is -0.497 e. The van der Waals surface area contributed by atoms with Crippen molar-refractivity contribution in [3.63, 3.8) is 0 Å². The molecule has 2 aromatic rings. The first-order valence-electron chi connectivity index (χ1n) is 6.41. The molecule has 0 unspecified atom stereocenters. The van der Waals surface area contributed by atoms with Gasteiger partial charge in [-0.2, -0.15) is 0 Å². The number of aryl methyl sites for hydroxylation is 2. The molecule has 0 atom stereocenters. The summed E-state index contributed by atoms with van der Waals surface area (Å²) < 4.78 is 10.5. The standard InChI is InChI=1S/C17H18O3/c1-11-6-5-7-12(2)16(11)17(18)14-9-8-13(19-3)10-15(14)20-4/h5-10H,1-4H3. The lowest BCUT2D eigenvalue weighted by Crippen LogP contribution is -2.08. The van der Waals surface area contributed by atoms with Gasteiger partial charge in [0, 0.05) is 11.6 Å². The van der Waals surface area contributed by atoms with Crippen molar-refractivity contribution in [2.45, 2.75) is 13.8 Å². The first-order chi connectivity index (χ1) is 9.58. The second kappa shape index (κ2) is 5.78. The van der Waals surface area contributed by atoms with Crippen molar-refractivity contribution in [1.29, 1.82) is 0 Å². The van der Waals surface area contributed by atoms with Gasteiger partial charge in [0.25, 0.3) is 0 Å². The van der Waals surface area contributed by atoms with Crippen LogP contribution in [-0.4, -0.2) is 20.0 Å². The van der Waals surface area contributed by atoms with Crippen LogP contribution in [0, 0.1) is 13.8 Å². The summed E-state index contributed by atoms with van der Waals surface area (Å²) in [5.74, 6) is 1.16. The van der Waals surface area contributed by atoms with Crippen molar-refractivity contribution in [3.8, 4) is 11.5 Å². The smallest absolute Gasteiger partial charge is 0.197 e. The predicted molar refractivity (Wildman–Crippen MR) is 78.9 cm³/mol. The molecule has 0 amide bonds. The van der Waals surface area contributed by atoms with Crippen molar-refractivity contribution in [2.75, 3.05) is 14.2 Å². The largest absolute Gasteiger partial charge is 0.497 e. The number of carbonyl (C=O) groups is 1. The Bertz CT molecular complexity index is 624. The van der Waals surface area contributed by atoms with Crippen LogP contribution >= 0.6 is 0 Å². The highest BCUT2D eigenvalue weighted by Crippen LogP contribution is 2.28. The van der Waals surface area contributed by atoms with E-state index in [-0.39, 0.29) is 5.78 Å². The number of carbonyl (C=O) groups excluding carboxylic acids is 1. The van der Waals surface area contributed by atoms with Crippen LogP contribution in [0.4, 0.5) is 0 Å². The van der Waals surface area contributed by atoms with Crippen molar-refractivity contribution in [1.82, 2.24) is 0 Å². The van der Waals surface area contributed by atoms with Gasteiger partial charge in [-0.05, 0) is 37.1 Å². The number of hydrogen-bond acceptors (Lipinski definition) is 3. The van der Waals surface area contributed by atoms with Gasteiger partial charge in [0.05, 0.1) is 19.8 Å². The van der Waals surface area contributed by atoms with E-state index in [0.717, 1.165) is 16.7 Å².